The maximum Gasteiger partial charge on any atom is 0.336 e. The van der Waals surface area contributed by atoms with Crippen LogP contribution in [-0.4, -0.2) is 53.2 Å². The van der Waals surface area contributed by atoms with Crippen molar-refractivity contribution in [2.45, 2.75) is 50.4 Å². The molecule has 0 aromatic heterocycles. The molecule has 49 heavy (non-hydrogen) atoms. The lowest BCUT2D eigenvalue weighted by Crippen LogP contribution is -2.38. The summed E-state index contributed by atoms with van der Waals surface area (Å²) in [5.41, 5.74) is 5.69. The second kappa shape index (κ2) is 17.1. The second-order valence-electron chi connectivity index (χ2n) is 11.6. The number of rotatable bonds is 13. The Kier molecular flexibility index (Phi) is 12.4. The minimum atomic E-state index is -0.970. The zero-order valence-corrected chi connectivity index (χ0v) is 28.2. The standard InChI is InChI=1S/C38H40N2O8S/c1-3-46-34(42)21-40-38(45)39-20-26-7-6-8-30(19-26)27-15-17-29(18-16-27)37-47-32(23-49-33-10-5-4-9-31(33)36(43)44)24(2)35(48-37)28-13-11-25(22-41)12-14-28/h4-19,24,32,35,37,41H,3,20-23H2,1-2H3,(H,43,44)(H2,39,40,45). The van der Waals surface area contributed by atoms with Crippen LogP contribution >= 0.6 is 11.8 Å². The first-order valence-corrected chi connectivity index (χ1v) is 17.1. The molecule has 1 aliphatic rings. The number of aliphatic hydroxyl groups excluding tert-OH is 1. The van der Waals surface area contributed by atoms with E-state index in [-0.39, 0.29) is 50.0 Å². The number of esters is 1. The number of benzene rings is 4. The number of carbonyl (C=O) groups is 3. The Hall–Kier alpha value is -4.68. The summed E-state index contributed by atoms with van der Waals surface area (Å²) >= 11 is 1.45. The third kappa shape index (κ3) is 9.48. The van der Waals surface area contributed by atoms with Gasteiger partial charge in [0.15, 0.2) is 6.29 Å². The summed E-state index contributed by atoms with van der Waals surface area (Å²) in [6, 6.07) is 30.0. The van der Waals surface area contributed by atoms with E-state index in [1.807, 2.05) is 84.9 Å². The number of ether oxygens (including phenoxy) is 3. The predicted molar refractivity (Wildman–Crippen MR) is 186 cm³/mol. The van der Waals surface area contributed by atoms with E-state index in [1.165, 1.54) is 11.8 Å². The van der Waals surface area contributed by atoms with E-state index >= 15 is 0 Å². The van der Waals surface area contributed by atoms with Crippen LogP contribution < -0.4 is 10.6 Å². The molecule has 1 fully saturated rings. The normalized spacial score (nSPS) is 18.8. The van der Waals surface area contributed by atoms with Crippen molar-refractivity contribution in [3.8, 4) is 11.1 Å². The predicted octanol–water partition coefficient (Wildman–Crippen LogP) is 6.49. The summed E-state index contributed by atoms with van der Waals surface area (Å²) in [6.45, 7) is 4.06. The number of hydrogen-bond acceptors (Lipinski definition) is 8. The largest absolute Gasteiger partial charge is 0.478 e. The van der Waals surface area contributed by atoms with E-state index in [4.69, 9.17) is 14.2 Å². The van der Waals surface area contributed by atoms with Crippen molar-refractivity contribution < 1.29 is 38.8 Å². The molecule has 4 atom stereocenters. The van der Waals surface area contributed by atoms with Gasteiger partial charge in [-0.05, 0) is 52.9 Å². The monoisotopic (exact) mass is 684 g/mol. The van der Waals surface area contributed by atoms with Gasteiger partial charge in [-0.25, -0.2) is 9.59 Å². The molecular weight excluding hydrogens is 644 g/mol. The number of aromatic carboxylic acids is 1. The fraction of sp³-hybridized carbons (Fsp3) is 0.289. The highest BCUT2D eigenvalue weighted by Gasteiger charge is 2.38. The molecule has 1 aliphatic heterocycles. The van der Waals surface area contributed by atoms with Crippen molar-refractivity contribution in [2.75, 3.05) is 18.9 Å². The number of carbonyl (C=O) groups excluding carboxylic acids is 2. The van der Waals surface area contributed by atoms with Gasteiger partial charge in [0, 0.05) is 28.7 Å². The highest BCUT2D eigenvalue weighted by Crippen LogP contribution is 2.43. The number of thioether (sulfide) groups is 1. The minimum absolute atomic E-state index is 0.0480. The molecular formula is C38H40N2O8S. The first-order valence-electron chi connectivity index (χ1n) is 16.1. The van der Waals surface area contributed by atoms with Gasteiger partial charge in [0.2, 0.25) is 0 Å². The minimum Gasteiger partial charge on any atom is -0.478 e. The van der Waals surface area contributed by atoms with Gasteiger partial charge in [-0.1, -0.05) is 85.8 Å². The SMILES string of the molecule is CCOC(=O)CNC(=O)NCc1cccc(-c2ccc(C3OC(CSc4ccccc4C(=O)O)C(C)C(c4ccc(CO)cc4)O3)cc2)c1. The van der Waals surface area contributed by atoms with E-state index in [2.05, 4.69) is 17.6 Å². The number of urea groups is 1. The number of hydrogen-bond donors (Lipinski definition) is 4. The quantitative estimate of drug-likeness (QED) is 0.0918. The molecule has 4 unspecified atom stereocenters. The molecule has 0 bridgehead atoms. The highest BCUT2D eigenvalue weighted by molar-refractivity contribution is 7.99. The van der Waals surface area contributed by atoms with Gasteiger partial charge in [0.05, 0.1) is 31.0 Å². The number of carboxylic acids is 1. The maximum atomic E-state index is 12.1. The van der Waals surface area contributed by atoms with Gasteiger partial charge >= 0.3 is 18.0 Å². The van der Waals surface area contributed by atoms with Gasteiger partial charge in [0.25, 0.3) is 0 Å². The number of nitrogens with one attached hydrogen (secondary N) is 2. The highest BCUT2D eigenvalue weighted by atomic mass is 32.2. The molecule has 4 aromatic carbocycles. The maximum absolute atomic E-state index is 12.1. The number of amides is 2. The zero-order valence-electron chi connectivity index (χ0n) is 27.3. The van der Waals surface area contributed by atoms with Crippen molar-refractivity contribution in [3.05, 3.63) is 125 Å². The Balaban J connectivity index is 1.30. The second-order valence-corrected chi connectivity index (χ2v) is 12.7. The van der Waals surface area contributed by atoms with E-state index in [1.54, 1.807) is 19.1 Å². The summed E-state index contributed by atoms with van der Waals surface area (Å²) in [6.07, 6.45) is -1.23. The molecule has 4 aromatic rings. The van der Waals surface area contributed by atoms with E-state index in [0.717, 1.165) is 33.4 Å². The van der Waals surface area contributed by atoms with E-state index in [0.29, 0.717) is 10.6 Å². The van der Waals surface area contributed by atoms with Crippen LogP contribution in [-0.2, 0) is 32.2 Å². The molecule has 10 nitrogen and oxygen atoms in total. The molecule has 0 aliphatic carbocycles. The molecule has 2 amide bonds. The Morgan fingerprint density at radius 1 is 0.837 bits per heavy atom. The fourth-order valence-electron chi connectivity index (χ4n) is 5.55. The third-order valence-corrected chi connectivity index (χ3v) is 9.40. The van der Waals surface area contributed by atoms with Gasteiger partial charge in [-0.3, -0.25) is 4.79 Å². The van der Waals surface area contributed by atoms with Crippen LogP contribution in [0.5, 0.6) is 0 Å². The van der Waals surface area contributed by atoms with Crippen molar-refractivity contribution in [2.24, 2.45) is 5.92 Å². The third-order valence-electron chi connectivity index (χ3n) is 8.24. The Morgan fingerprint density at radius 3 is 2.29 bits per heavy atom. The van der Waals surface area contributed by atoms with Crippen molar-refractivity contribution in [1.82, 2.24) is 10.6 Å². The first kappa shape index (κ1) is 35.6. The molecule has 0 saturated carbocycles. The fourth-order valence-corrected chi connectivity index (χ4v) is 6.77. The van der Waals surface area contributed by atoms with Crippen LogP contribution in [0.3, 0.4) is 0 Å². The van der Waals surface area contributed by atoms with Crippen LogP contribution in [0.25, 0.3) is 11.1 Å². The average molecular weight is 685 g/mol. The summed E-state index contributed by atoms with van der Waals surface area (Å²) in [7, 11) is 0. The van der Waals surface area contributed by atoms with Crippen LogP contribution in [0.2, 0.25) is 0 Å². The molecule has 4 N–H and O–H groups in total. The van der Waals surface area contributed by atoms with Gasteiger partial charge in [-0.15, -0.1) is 11.8 Å². The number of aliphatic hydroxyl groups is 1. The van der Waals surface area contributed by atoms with Crippen LogP contribution in [0.1, 0.15) is 58.9 Å². The summed E-state index contributed by atoms with van der Waals surface area (Å²) in [5, 5.41) is 24.5. The van der Waals surface area contributed by atoms with Crippen molar-refractivity contribution >= 4 is 29.7 Å². The average Bonchev–Trinajstić information content (AvgIpc) is 3.13. The first-order chi connectivity index (χ1) is 23.7. The lowest BCUT2D eigenvalue weighted by Gasteiger charge is -2.41. The van der Waals surface area contributed by atoms with Crippen molar-refractivity contribution in [1.29, 1.82) is 0 Å². The smallest absolute Gasteiger partial charge is 0.336 e. The lowest BCUT2D eigenvalue weighted by atomic mass is 9.91. The molecule has 0 radical (unpaired) electrons. The molecule has 256 valence electrons. The molecule has 5 rings (SSSR count). The van der Waals surface area contributed by atoms with Crippen LogP contribution in [0, 0.1) is 5.92 Å². The van der Waals surface area contributed by atoms with Gasteiger partial charge in [0.1, 0.15) is 6.54 Å². The molecule has 0 spiro atoms. The Bertz CT molecular complexity index is 1730. The van der Waals surface area contributed by atoms with E-state index < -0.39 is 24.3 Å². The van der Waals surface area contributed by atoms with Gasteiger partial charge < -0.3 is 35.1 Å². The molecule has 1 heterocycles. The Labute approximate surface area is 289 Å². The summed E-state index contributed by atoms with van der Waals surface area (Å²) in [4.78, 5) is 36.1. The number of carboxylic acid groups (broad SMARTS) is 1. The Morgan fingerprint density at radius 2 is 1.57 bits per heavy atom. The lowest BCUT2D eigenvalue weighted by molar-refractivity contribution is -0.268. The topological polar surface area (TPSA) is 143 Å². The van der Waals surface area contributed by atoms with E-state index in [9.17, 15) is 24.6 Å². The van der Waals surface area contributed by atoms with Crippen LogP contribution in [0.15, 0.2) is 102 Å². The molecule has 11 heteroatoms. The molecule has 1 saturated heterocycles. The van der Waals surface area contributed by atoms with Crippen LogP contribution in [0.4, 0.5) is 4.79 Å². The van der Waals surface area contributed by atoms with Gasteiger partial charge in [-0.2, -0.15) is 0 Å². The van der Waals surface area contributed by atoms with Crippen molar-refractivity contribution in [3.63, 3.8) is 0 Å². The summed E-state index contributed by atoms with van der Waals surface area (Å²) in [5.74, 6) is -0.994. The zero-order chi connectivity index (χ0) is 34.8. The summed E-state index contributed by atoms with van der Waals surface area (Å²) < 4.78 is 18.0.